The lowest BCUT2D eigenvalue weighted by Gasteiger charge is -2.34. The van der Waals surface area contributed by atoms with Crippen LogP contribution >= 0.6 is 0 Å². The lowest BCUT2D eigenvalue weighted by Crippen LogP contribution is -2.50. The fraction of sp³-hybridized carbons (Fsp3) is 0.348. The molecule has 0 aliphatic carbocycles. The monoisotopic (exact) mass is 418 g/mol. The number of piperidine rings is 1. The normalized spacial score (nSPS) is 16.2. The summed E-state index contributed by atoms with van der Waals surface area (Å²) in [5.41, 5.74) is 4.62. The number of aromatic nitrogens is 4. The van der Waals surface area contributed by atoms with Gasteiger partial charge >= 0.3 is 0 Å². The van der Waals surface area contributed by atoms with Crippen LogP contribution in [0.25, 0.3) is 5.69 Å². The van der Waals surface area contributed by atoms with Gasteiger partial charge in [0.2, 0.25) is 5.91 Å². The van der Waals surface area contributed by atoms with Crippen LogP contribution < -0.4 is 5.32 Å². The van der Waals surface area contributed by atoms with Crippen LogP contribution in [0.1, 0.15) is 46.8 Å². The smallest absolute Gasteiger partial charge is 0.274 e. The second kappa shape index (κ2) is 8.67. The number of hydrogen-bond acceptors (Lipinski definition) is 5. The Bertz CT molecular complexity index is 1090. The summed E-state index contributed by atoms with van der Waals surface area (Å²) in [6.45, 7) is 6.31. The van der Waals surface area contributed by atoms with E-state index in [0.717, 1.165) is 35.6 Å². The minimum atomic E-state index is -0.528. The molecule has 1 fully saturated rings. The lowest BCUT2D eigenvalue weighted by atomic mass is 10.0. The Morgan fingerprint density at radius 3 is 2.42 bits per heavy atom. The molecule has 1 aliphatic rings. The van der Waals surface area contributed by atoms with Crippen molar-refractivity contribution in [3.63, 3.8) is 0 Å². The second-order valence-corrected chi connectivity index (χ2v) is 7.93. The zero-order valence-corrected chi connectivity index (χ0v) is 18.0. The number of hydrogen-bond donors (Lipinski definition) is 1. The molecule has 1 saturated heterocycles. The molecular formula is C23H26N6O2. The van der Waals surface area contributed by atoms with E-state index in [-0.39, 0.29) is 17.5 Å². The molecule has 2 amide bonds. The molecule has 1 aliphatic heterocycles. The predicted octanol–water partition coefficient (Wildman–Crippen LogP) is 3.22. The molecule has 1 N–H and O–H groups in total. The van der Waals surface area contributed by atoms with Gasteiger partial charge in [0.1, 0.15) is 11.7 Å². The van der Waals surface area contributed by atoms with E-state index in [1.54, 1.807) is 11.1 Å². The van der Waals surface area contributed by atoms with E-state index >= 15 is 0 Å². The molecule has 0 spiro atoms. The van der Waals surface area contributed by atoms with Gasteiger partial charge in [-0.2, -0.15) is 5.10 Å². The zero-order valence-electron chi connectivity index (χ0n) is 18.0. The molecule has 0 saturated carbocycles. The van der Waals surface area contributed by atoms with E-state index < -0.39 is 6.04 Å². The van der Waals surface area contributed by atoms with Crippen LogP contribution in [0, 0.1) is 20.8 Å². The first-order valence-corrected chi connectivity index (χ1v) is 10.5. The summed E-state index contributed by atoms with van der Waals surface area (Å²) in [4.78, 5) is 35.9. The number of benzene rings is 1. The molecule has 2 aromatic heterocycles. The maximum absolute atomic E-state index is 13.0. The molecule has 8 nitrogen and oxygen atoms in total. The summed E-state index contributed by atoms with van der Waals surface area (Å²) in [5, 5.41) is 7.44. The Kier molecular flexibility index (Phi) is 5.79. The fourth-order valence-corrected chi connectivity index (χ4v) is 3.90. The van der Waals surface area contributed by atoms with E-state index in [1.807, 2.05) is 55.8 Å². The van der Waals surface area contributed by atoms with Crippen molar-refractivity contribution in [2.24, 2.45) is 0 Å². The zero-order chi connectivity index (χ0) is 22.0. The third-order valence-electron chi connectivity index (χ3n) is 5.46. The van der Waals surface area contributed by atoms with E-state index in [9.17, 15) is 9.59 Å². The molecule has 8 heteroatoms. The summed E-state index contributed by atoms with van der Waals surface area (Å²) in [7, 11) is 0. The third-order valence-corrected chi connectivity index (χ3v) is 5.46. The van der Waals surface area contributed by atoms with E-state index in [4.69, 9.17) is 0 Å². The molecule has 1 atom stereocenters. The van der Waals surface area contributed by atoms with Crippen LogP contribution in [0.5, 0.6) is 0 Å². The van der Waals surface area contributed by atoms with Gasteiger partial charge in [-0.1, -0.05) is 0 Å². The highest BCUT2D eigenvalue weighted by molar-refractivity contribution is 6.00. The Labute approximate surface area is 181 Å². The summed E-state index contributed by atoms with van der Waals surface area (Å²) in [6, 6.07) is 9.03. The van der Waals surface area contributed by atoms with E-state index in [1.165, 1.54) is 6.20 Å². The van der Waals surface area contributed by atoms with Gasteiger partial charge < -0.3 is 10.2 Å². The van der Waals surface area contributed by atoms with Crippen LogP contribution in [0.15, 0.2) is 42.7 Å². The predicted molar refractivity (Wildman–Crippen MR) is 117 cm³/mol. The summed E-state index contributed by atoms with van der Waals surface area (Å²) < 4.78 is 1.87. The number of amides is 2. The molecule has 3 aromatic rings. The number of aryl methyl sites for hydroxylation is 3. The van der Waals surface area contributed by atoms with Gasteiger partial charge in [-0.15, -0.1) is 0 Å². The Hall–Kier alpha value is -3.55. The van der Waals surface area contributed by atoms with Crippen LogP contribution in [-0.4, -0.2) is 49.0 Å². The second-order valence-electron chi connectivity index (χ2n) is 7.93. The average Bonchev–Trinajstić information content (AvgIpc) is 3.12. The highest BCUT2D eigenvalue weighted by atomic mass is 16.2. The highest BCUT2D eigenvalue weighted by Crippen LogP contribution is 2.22. The summed E-state index contributed by atoms with van der Waals surface area (Å²) in [6.07, 6.45) is 5.43. The maximum atomic E-state index is 13.0. The molecule has 3 heterocycles. The van der Waals surface area contributed by atoms with Gasteiger partial charge in [0.15, 0.2) is 0 Å². The standard InChI is InChI=1S/C23H26N6O2/c1-15-12-17(3)29(27-15)19-9-7-18(8-10-19)26-22(30)21-6-4-5-11-28(21)23(31)20-14-24-16(2)13-25-20/h7-10,12-14,21H,4-6,11H2,1-3H3,(H,26,30). The maximum Gasteiger partial charge on any atom is 0.274 e. The summed E-state index contributed by atoms with van der Waals surface area (Å²) in [5.74, 6) is -0.445. The lowest BCUT2D eigenvalue weighted by molar-refractivity contribution is -0.121. The molecule has 160 valence electrons. The number of carbonyl (C=O) groups is 2. The van der Waals surface area contributed by atoms with Crippen molar-refractivity contribution < 1.29 is 9.59 Å². The Balaban J connectivity index is 1.48. The van der Waals surface area contributed by atoms with Crippen molar-refractivity contribution in [3.05, 3.63) is 65.5 Å². The largest absolute Gasteiger partial charge is 0.325 e. The van der Waals surface area contributed by atoms with Crippen molar-refractivity contribution in [3.8, 4) is 5.69 Å². The van der Waals surface area contributed by atoms with Crippen LogP contribution in [0.3, 0.4) is 0 Å². The Morgan fingerprint density at radius 1 is 1.00 bits per heavy atom. The molecule has 31 heavy (non-hydrogen) atoms. The van der Waals surface area contributed by atoms with Gasteiger partial charge in [-0.3, -0.25) is 14.6 Å². The highest BCUT2D eigenvalue weighted by Gasteiger charge is 2.33. The molecule has 0 radical (unpaired) electrons. The number of nitrogens with zero attached hydrogens (tertiary/aromatic N) is 5. The van der Waals surface area contributed by atoms with Crippen molar-refractivity contribution in [2.75, 3.05) is 11.9 Å². The van der Waals surface area contributed by atoms with Crippen molar-refractivity contribution in [1.82, 2.24) is 24.6 Å². The van der Waals surface area contributed by atoms with Crippen LogP contribution in [-0.2, 0) is 4.79 Å². The number of nitrogens with one attached hydrogen (secondary N) is 1. The topological polar surface area (TPSA) is 93.0 Å². The number of rotatable bonds is 4. The minimum Gasteiger partial charge on any atom is -0.325 e. The molecule has 4 rings (SSSR count). The van der Waals surface area contributed by atoms with E-state index in [2.05, 4.69) is 20.4 Å². The molecular weight excluding hydrogens is 392 g/mol. The summed E-state index contributed by atoms with van der Waals surface area (Å²) >= 11 is 0. The average molecular weight is 419 g/mol. The van der Waals surface area contributed by atoms with Gasteiger partial charge in [-0.05, 0) is 70.4 Å². The first-order valence-electron chi connectivity index (χ1n) is 10.5. The molecule has 1 aromatic carbocycles. The first kappa shape index (κ1) is 20.7. The van der Waals surface area contributed by atoms with Crippen LogP contribution in [0.4, 0.5) is 5.69 Å². The van der Waals surface area contributed by atoms with E-state index in [0.29, 0.717) is 18.7 Å². The SMILES string of the molecule is Cc1cnc(C(=O)N2CCCCC2C(=O)Nc2ccc(-n3nc(C)cc3C)cc2)cn1. The number of likely N-dealkylation sites (tertiary alicyclic amines) is 1. The minimum absolute atomic E-state index is 0.188. The van der Waals surface area contributed by atoms with Crippen molar-refractivity contribution in [2.45, 2.75) is 46.1 Å². The van der Waals surface area contributed by atoms with Gasteiger partial charge in [-0.25, -0.2) is 9.67 Å². The van der Waals surface area contributed by atoms with Gasteiger partial charge in [0.25, 0.3) is 5.91 Å². The quantitative estimate of drug-likeness (QED) is 0.702. The molecule has 1 unspecified atom stereocenters. The number of carbonyl (C=O) groups excluding carboxylic acids is 2. The van der Waals surface area contributed by atoms with Crippen molar-refractivity contribution in [1.29, 1.82) is 0 Å². The number of anilines is 1. The van der Waals surface area contributed by atoms with Crippen molar-refractivity contribution >= 4 is 17.5 Å². The van der Waals surface area contributed by atoms with Crippen LogP contribution in [0.2, 0.25) is 0 Å². The van der Waals surface area contributed by atoms with Gasteiger partial charge in [0, 0.05) is 24.1 Å². The Morgan fingerprint density at radius 2 is 1.77 bits per heavy atom. The fourth-order valence-electron chi connectivity index (χ4n) is 3.90. The first-order chi connectivity index (χ1) is 14.9. The molecule has 0 bridgehead atoms. The van der Waals surface area contributed by atoms with Gasteiger partial charge in [0.05, 0.1) is 23.3 Å². The third kappa shape index (κ3) is 4.47.